The van der Waals surface area contributed by atoms with Gasteiger partial charge < -0.3 is 10.4 Å². The van der Waals surface area contributed by atoms with Crippen LogP contribution in [-0.4, -0.2) is 29.8 Å². The number of ketones is 2. The Balaban J connectivity index is 0.00000256. The fourth-order valence-corrected chi connectivity index (χ4v) is 1.44. The maximum absolute atomic E-state index is 11.5. The quantitative estimate of drug-likeness (QED) is 0.542. The lowest BCUT2D eigenvalue weighted by Gasteiger charge is -2.11. The van der Waals surface area contributed by atoms with Gasteiger partial charge in [0.15, 0.2) is 5.78 Å². The molecule has 0 atom stereocenters. The predicted octanol–water partition coefficient (Wildman–Crippen LogP) is 1.36. The first kappa shape index (κ1) is 15.6. The predicted molar refractivity (Wildman–Crippen MR) is 67.5 cm³/mol. The van der Waals surface area contributed by atoms with Crippen molar-refractivity contribution in [2.45, 2.75) is 33.6 Å². The zero-order chi connectivity index (χ0) is 12.0. The molecule has 4 nitrogen and oxygen atoms in total. The Morgan fingerprint density at radius 2 is 1.82 bits per heavy atom. The van der Waals surface area contributed by atoms with Crippen LogP contribution >= 0.6 is 0 Å². The Morgan fingerprint density at radius 3 is 2.47 bits per heavy atom. The minimum atomic E-state index is -0.140. The third-order valence-electron chi connectivity index (χ3n) is 2.43. The maximum atomic E-state index is 11.5. The third-order valence-corrected chi connectivity index (χ3v) is 2.43. The summed E-state index contributed by atoms with van der Waals surface area (Å²) in [6.07, 6.45) is 5.27. The molecule has 0 aromatic rings. The van der Waals surface area contributed by atoms with Gasteiger partial charge in [-0.1, -0.05) is 7.43 Å². The summed E-state index contributed by atoms with van der Waals surface area (Å²) in [5, 5.41) is 11.5. The number of carbonyl (C=O) groups is 2. The molecule has 0 amide bonds. The van der Waals surface area contributed by atoms with Gasteiger partial charge in [0.25, 0.3) is 0 Å². The van der Waals surface area contributed by atoms with Crippen molar-refractivity contribution in [1.82, 2.24) is 5.32 Å². The van der Waals surface area contributed by atoms with Gasteiger partial charge in [0, 0.05) is 24.8 Å². The molecule has 1 aliphatic rings. The van der Waals surface area contributed by atoms with E-state index >= 15 is 0 Å². The molecule has 0 fully saturated rings. The van der Waals surface area contributed by atoms with Gasteiger partial charge in [-0.25, -0.2) is 0 Å². The summed E-state index contributed by atoms with van der Waals surface area (Å²) < 4.78 is 0. The van der Waals surface area contributed by atoms with Gasteiger partial charge in [0.05, 0.1) is 5.70 Å². The first-order valence-electron chi connectivity index (χ1n) is 5.48. The molecule has 0 spiro atoms. The summed E-state index contributed by atoms with van der Waals surface area (Å²) >= 11 is 0. The second kappa shape index (κ2) is 7.79. The number of hydrogen-bond donors (Lipinski definition) is 2. The topological polar surface area (TPSA) is 66.4 Å². The zero-order valence-electron chi connectivity index (χ0n) is 9.45. The van der Waals surface area contributed by atoms with Crippen LogP contribution < -0.4 is 5.32 Å². The Hall–Kier alpha value is -1.42. The smallest absolute Gasteiger partial charge is 0.202 e. The average Bonchev–Trinajstić information content (AvgIpc) is 2.25. The molecule has 1 aliphatic carbocycles. The number of unbranched alkanes of at least 4 members (excludes halogenated alkanes) is 2. The highest BCUT2D eigenvalue weighted by Gasteiger charge is 2.16. The number of nitrogens with one attached hydrogen (secondary N) is 1. The first-order chi connectivity index (χ1) is 7.65. The first-order valence-corrected chi connectivity index (χ1v) is 5.48. The normalized spacial score (nSPS) is 14.9. The summed E-state index contributed by atoms with van der Waals surface area (Å²) in [6.45, 7) is 2.48. The highest BCUT2D eigenvalue weighted by molar-refractivity contribution is 6.19. The van der Waals surface area contributed by atoms with Crippen molar-refractivity contribution in [3.63, 3.8) is 0 Å². The summed E-state index contributed by atoms with van der Waals surface area (Å²) in [5.41, 5.74) is 0.857. The van der Waals surface area contributed by atoms with Crippen molar-refractivity contribution in [3.05, 3.63) is 23.4 Å². The van der Waals surface area contributed by atoms with E-state index in [1.54, 1.807) is 6.92 Å². The number of rotatable bonds is 6. The van der Waals surface area contributed by atoms with Gasteiger partial charge >= 0.3 is 0 Å². The average molecular weight is 239 g/mol. The lowest BCUT2D eigenvalue weighted by molar-refractivity contribution is -0.115. The van der Waals surface area contributed by atoms with Crippen LogP contribution in [0.5, 0.6) is 0 Å². The SMILES string of the molecule is C.CC1=CC(=O)C(NCCCCCO)=CC1=O. The molecule has 0 saturated heterocycles. The van der Waals surface area contributed by atoms with Crippen LogP contribution in [0.2, 0.25) is 0 Å². The molecule has 0 aliphatic heterocycles. The van der Waals surface area contributed by atoms with Crippen molar-refractivity contribution in [1.29, 1.82) is 0 Å². The number of aliphatic hydroxyl groups excluding tert-OH is 1. The molecule has 4 heteroatoms. The van der Waals surface area contributed by atoms with E-state index in [0.717, 1.165) is 19.3 Å². The largest absolute Gasteiger partial charge is 0.396 e. The summed E-state index contributed by atoms with van der Waals surface area (Å²) in [4.78, 5) is 22.8. The van der Waals surface area contributed by atoms with Crippen LogP contribution in [0.3, 0.4) is 0 Å². The minimum absolute atomic E-state index is 0. The molecule has 0 aromatic heterocycles. The standard InChI is InChI=1S/C12H17NO3.CH4/c1-9-7-12(16)10(8-11(9)15)13-5-3-2-4-6-14;/h7-8,13-14H,2-6H2,1H3;1H4. The molecule has 0 saturated carbocycles. The molecular weight excluding hydrogens is 218 g/mol. The van der Waals surface area contributed by atoms with Gasteiger partial charge in [-0.2, -0.15) is 0 Å². The second-order valence-electron chi connectivity index (χ2n) is 3.82. The molecule has 17 heavy (non-hydrogen) atoms. The van der Waals surface area contributed by atoms with Crippen LogP contribution in [0.15, 0.2) is 23.4 Å². The molecule has 1 rings (SSSR count). The molecule has 0 unspecified atom stereocenters. The Labute approximate surface area is 102 Å². The molecule has 0 radical (unpaired) electrons. The summed E-state index contributed by atoms with van der Waals surface area (Å²) in [7, 11) is 0. The molecule has 0 bridgehead atoms. The van der Waals surface area contributed by atoms with E-state index in [9.17, 15) is 9.59 Å². The second-order valence-corrected chi connectivity index (χ2v) is 3.82. The van der Waals surface area contributed by atoms with Gasteiger partial charge in [0.2, 0.25) is 5.78 Å². The van der Waals surface area contributed by atoms with Crippen molar-refractivity contribution in [2.24, 2.45) is 0 Å². The highest BCUT2D eigenvalue weighted by atomic mass is 16.2. The lowest BCUT2D eigenvalue weighted by Crippen LogP contribution is -2.24. The molecule has 0 aromatic carbocycles. The monoisotopic (exact) mass is 239 g/mol. The van der Waals surface area contributed by atoms with E-state index in [1.807, 2.05) is 0 Å². The Morgan fingerprint density at radius 1 is 1.12 bits per heavy atom. The summed E-state index contributed by atoms with van der Waals surface area (Å²) in [6, 6.07) is 0. The zero-order valence-corrected chi connectivity index (χ0v) is 9.45. The lowest BCUT2D eigenvalue weighted by atomic mass is 10.0. The van der Waals surface area contributed by atoms with E-state index < -0.39 is 0 Å². The van der Waals surface area contributed by atoms with E-state index in [1.165, 1.54) is 12.2 Å². The van der Waals surface area contributed by atoms with E-state index in [-0.39, 0.29) is 25.6 Å². The van der Waals surface area contributed by atoms with Crippen LogP contribution in [-0.2, 0) is 9.59 Å². The van der Waals surface area contributed by atoms with Crippen LogP contribution in [0.1, 0.15) is 33.6 Å². The van der Waals surface area contributed by atoms with Crippen LogP contribution in [0.4, 0.5) is 0 Å². The molecule has 2 N–H and O–H groups in total. The Bertz CT molecular complexity index is 343. The summed E-state index contributed by atoms with van der Waals surface area (Å²) in [5.74, 6) is -0.253. The van der Waals surface area contributed by atoms with Gasteiger partial charge in [-0.15, -0.1) is 0 Å². The van der Waals surface area contributed by atoms with Crippen LogP contribution in [0.25, 0.3) is 0 Å². The minimum Gasteiger partial charge on any atom is -0.396 e. The van der Waals surface area contributed by atoms with Crippen LogP contribution in [0, 0.1) is 0 Å². The molecule has 96 valence electrons. The van der Waals surface area contributed by atoms with Gasteiger partial charge in [-0.05, 0) is 32.3 Å². The van der Waals surface area contributed by atoms with E-state index in [4.69, 9.17) is 5.11 Å². The molecular formula is C13H21NO3. The number of hydrogen-bond acceptors (Lipinski definition) is 4. The van der Waals surface area contributed by atoms with Gasteiger partial charge in [0.1, 0.15) is 0 Å². The van der Waals surface area contributed by atoms with E-state index in [0.29, 0.717) is 17.8 Å². The Kier molecular flexibility index (Phi) is 7.14. The van der Waals surface area contributed by atoms with Crippen molar-refractivity contribution in [3.8, 4) is 0 Å². The number of aliphatic hydroxyl groups is 1. The fraction of sp³-hybridized carbons (Fsp3) is 0.538. The van der Waals surface area contributed by atoms with E-state index in [2.05, 4.69) is 5.32 Å². The fourth-order valence-electron chi connectivity index (χ4n) is 1.44. The number of allylic oxidation sites excluding steroid dienone is 3. The van der Waals surface area contributed by atoms with Gasteiger partial charge in [-0.3, -0.25) is 9.59 Å². The van der Waals surface area contributed by atoms with Crippen molar-refractivity contribution < 1.29 is 14.7 Å². The van der Waals surface area contributed by atoms with Crippen molar-refractivity contribution >= 4 is 11.6 Å². The molecule has 0 heterocycles. The maximum Gasteiger partial charge on any atom is 0.202 e. The van der Waals surface area contributed by atoms with Crippen molar-refractivity contribution in [2.75, 3.05) is 13.2 Å². The number of carbonyl (C=O) groups excluding carboxylic acids is 2. The third kappa shape index (κ3) is 4.95. The highest BCUT2D eigenvalue weighted by Crippen LogP contribution is 2.09.